The van der Waals surface area contributed by atoms with Crippen molar-refractivity contribution in [2.75, 3.05) is 0 Å². The number of rotatable bonds is 1. The third-order valence-corrected chi connectivity index (χ3v) is 2.07. The van der Waals surface area contributed by atoms with E-state index in [2.05, 4.69) is 15.4 Å². The van der Waals surface area contributed by atoms with Gasteiger partial charge in [0.05, 0.1) is 6.20 Å². The zero-order valence-corrected chi connectivity index (χ0v) is 5.75. The molecular formula is C4H4N3O2P. The average Bonchev–Trinajstić information content (AvgIpc) is 2.38. The van der Waals surface area contributed by atoms with Gasteiger partial charge in [0, 0.05) is 0 Å². The molecule has 0 spiro atoms. The third-order valence-electron chi connectivity index (χ3n) is 0.888. The average molecular weight is 157 g/mol. The summed E-state index contributed by atoms with van der Waals surface area (Å²) in [6.07, 6.45) is 5.88. The van der Waals surface area contributed by atoms with Crippen LogP contribution in [0.2, 0.25) is 0 Å². The number of hydrogen-bond donors (Lipinski definition) is 2. The Morgan fingerprint density at radius 3 is 3.00 bits per heavy atom. The molecule has 0 aromatic carbocycles. The van der Waals surface area contributed by atoms with Gasteiger partial charge in [0.25, 0.3) is 0 Å². The van der Waals surface area contributed by atoms with Gasteiger partial charge in [-0.05, 0) is 5.66 Å². The minimum absolute atomic E-state index is 0.0880. The van der Waals surface area contributed by atoms with Crippen molar-refractivity contribution in [2.45, 2.75) is 0 Å². The van der Waals surface area contributed by atoms with Gasteiger partial charge < -0.3 is 4.89 Å². The Morgan fingerprint density at radius 2 is 2.60 bits per heavy atom. The fourth-order valence-electron chi connectivity index (χ4n) is 0.408. The molecule has 52 valence electrons. The summed E-state index contributed by atoms with van der Waals surface area (Å²) in [5.41, 5.74) is 1.64. The number of terminal acetylenes is 1. The van der Waals surface area contributed by atoms with Gasteiger partial charge in [-0.15, -0.1) is 11.5 Å². The molecule has 1 aromatic rings. The van der Waals surface area contributed by atoms with Crippen molar-refractivity contribution in [1.29, 1.82) is 0 Å². The number of nitrogens with zero attached hydrogens (tertiary/aromatic N) is 2. The SMILES string of the molecule is C#CP(=O)(O)c1cn[nH]n1. The Kier molecular flexibility index (Phi) is 1.58. The Balaban J connectivity index is 3.12. The summed E-state index contributed by atoms with van der Waals surface area (Å²) in [7, 11) is -3.66. The summed E-state index contributed by atoms with van der Waals surface area (Å²) in [6.45, 7) is 0. The van der Waals surface area contributed by atoms with Crippen LogP contribution in [-0.4, -0.2) is 20.3 Å². The van der Waals surface area contributed by atoms with E-state index in [4.69, 9.17) is 11.3 Å². The van der Waals surface area contributed by atoms with Crippen LogP contribution in [0.25, 0.3) is 0 Å². The van der Waals surface area contributed by atoms with Crippen molar-refractivity contribution in [1.82, 2.24) is 15.4 Å². The molecule has 1 rings (SSSR count). The molecule has 0 saturated carbocycles. The zero-order valence-electron chi connectivity index (χ0n) is 4.85. The first-order valence-corrected chi connectivity index (χ1v) is 4.00. The van der Waals surface area contributed by atoms with Crippen LogP contribution >= 0.6 is 7.37 Å². The summed E-state index contributed by atoms with van der Waals surface area (Å²) in [6, 6.07) is 0. The minimum Gasteiger partial charge on any atom is -0.331 e. The molecule has 0 saturated heterocycles. The van der Waals surface area contributed by atoms with Crippen molar-refractivity contribution in [3.8, 4) is 12.1 Å². The molecule has 1 aromatic heterocycles. The quantitative estimate of drug-likeness (QED) is 0.417. The molecule has 0 radical (unpaired) electrons. The molecule has 0 amide bonds. The van der Waals surface area contributed by atoms with Crippen LogP contribution in [0.15, 0.2) is 6.20 Å². The van der Waals surface area contributed by atoms with E-state index >= 15 is 0 Å². The lowest BCUT2D eigenvalue weighted by Crippen LogP contribution is -2.02. The first kappa shape index (κ1) is 7.00. The number of nitrogens with one attached hydrogen (secondary N) is 1. The fourth-order valence-corrected chi connectivity index (χ4v) is 0.935. The number of aromatic nitrogens is 3. The monoisotopic (exact) mass is 157 g/mol. The van der Waals surface area contributed by atoms with Gasteiger partial charge in [0.1, 0.15) is 0 Å². The van der Waals surface area contributed by atoms with Gasteiger partial charge in [-0.25, -0.2) is 0 Å². The first-order valence-electron chi connectivity index (χ1n) is 2.34. The lowest BCUT2D eigenvalue weighted by atomic mass is 10.9. The van der Waals surface area contributed by atoms with E-state index in [1.807, 2.05) is 0 Å². The molecule has 6 heteroatoms. The van der Waals surface area contributed by atoms with Crippen molar-refractivity contribution in [3.63, 3.8) is 0 Å². The largest absolute Gasteiger partial charge is 0.331 e. The summed E-state index contributed by atoms with van der Waals surface area (Å²) in [5, 5.41) is 8.88. The van der Waals surface area contributed by atoms with E-state index in [0.717, 1.165) is 6.20 Å². The molecule has 0 fully saturated rings. The van der Waals surface area contributed by atoms with Crippen LogP contribution in [0.4, 0.5) is 0 Å². The molecule has 0 aliphatic heterocycles. The van der Waals surface area contributed by atoms with Gasteiger partial charge >= 0.3 is 7.37 Å². The Bertz CT molecular complexity index is 299. The second-order valence-corrected chi connectivity index (χ2v) is 3.40. The maximum absolute atomic E-state index is 10.8. The second-order valence-electron chi connectivity index (χ2n) is 1.53. The molecule has 10 heavy (non-hydrogen) atoms. The summed E-state index contributed by atoms with van der Waals surface area (Å²) >= 11 is 0. The first-order chi connectivity index (χ1) is 4.67. The van der Waals surface area contributed by atoms with Crippen molar-refractivity contribution < 1.29 is 9.46 Å². The molecular weight excluding hydrogens is 153 g/mol. The Hall–Kier alpha value is -1.11. The lowest BCUT2D eigenvalue weighted by molar-refractivity contribution is 0.501. The number of H-pyrrole nitrogens is 1. The molecule has 0 aliphatic carbocycles. The highest BCUT2D eigenvalue weighted by atomic mass is 31.2. The third kappa shape index (κ3) is 1.08. The molecule has 1 atom stereocenters. The van der Waals surface area contributed by atoms with E-state index in [1.54, 1.807) is 5.66 Å². The topological polar surface area (TPSA) is 78.9 Å². The highest BCUT2D eigenvalue weighted by Crippen LogP contribution is 2.35. The maximum atomic E-state index is 10.8. The van der Waals surface area contributed by atoms with Gasteiger partial charge in [0.2, 0.25) is 0 Å². The smallest absolute Gasteiger partial charge is 0.321 e. The summed E-state index contributed by atoms with van der Waals surface area (Å²) < 4.78 is 10.8. The predicted octanol–water partition coefficient (Wildman–Crippen LogP) is -0.709. The highest BCUT2D eigenvalue weighted by molar-refractivity contribution is 7.70. The summed E-state index contributed by atoms with van der Waals surface area (Å²) in [4.78, 5) is 8.88. The van der Waals surface area contributed by atoms with Crippen LogP contribution < -0.4 is 5.44 Å². The van der Waals surface area contributed by atoms with Crippen molar-refractivity contribution in [3.05, 3.63) is 6.20 Å². The van der Waals surface area contributed by atoms with Crippen molar-refractivity contribution >= 4 is 12.8 Å². The molecule has 2 N–H and O–H groups in total. The van der Waals surface area contributed by atoms with Crippen LogP contribution in [0.1, 0.15) is 0 Å². The van der Waals surface area contributed by atoms with E-state index in [1.165, 1.54) is 0 Å². The lowest BCUT2D eigenvalue weighted by Gasteiger charge is -1.94. The van der Waals surface area contributed by atoms with Crippen LogP contribution in [-0.2, 0) is 4.57 Å². The van der Waals surface area contributed by atoms with Crippen LogP contribution in [0.3, 0.4) is 0 Å². The maximum Gasteiger partial charge on any atom is 0.321 e. The number of aromatic amines is 1. The Labute approximate surface area is 56.9 Å². The highest BCUT2D eigenvalue weighted by Gasteiger charge is 2.20. The summed E-state index contributed by atoms with van der Waals surface area (Å²) in [5.74, 6) is 0. The van der Waals surface area contributed by atoms with E-state index in [-0.39, 0.29) is 5.44 Å². The normalized spacial score (nSPS) is 15.6. The molecule has 5 nitrogen and oxygen atoms in total. The van der Waals surface area contributed by atoms with E-state index in [0.29, 0.717) is 0 Å². The predicted molar refractivity (Wildman–Crippen MR) is 34.7 cm³/mol. The second kappa shape index (κ2) is 2.25. The minimum atomic E-state index is -3.66. The Morgan fingerprint density at radius 1 is 1.90 bits per heavy atom. The van der Waals surface area contributed by atoms with Gasteiger partial charge in [-0.3, -0.25) is 4.57 Å². The van der Waals surface area contributed by atoms with Gasteiger partial charge in [-0.1, -0.05) is 0 Å². The van der Waals surface area contributed by atoms with E-state index < -0.39 is 7.37 Å². The van der Waals surface area contributed by atoms with E-state index in [9.17, 15) is 4.57 Å². The van der Waals surface area contributed by atoms with Gasteiger partial charge in [-0.2, -0.15) is 10.3 Å². The molecule has 0 bridgehead atoms. The number of hydrogen-bond acceptors (Lipinski definition) is 3. The van der Waals surface area contributed by atoms with Crippen molar-refractivity contribution in [2.24, 2.45) is 0 Å². The standard InChI is InChI=1S/C4H4N3O2P/c1-2-10(8,9)4-3-5-7-6-4/h1,3H,(H,8,9)(H,5,6,7). The molecule has 1 unspecified atom stereocenters. The molecule has 0 aliphatic rings. The van der Waals surface area contributed by atoms with Gasteiger partial charge in [0.15, 0.2) is 5.44 Å². The molecule has 1 heterocycles. The van der Waals surface area contributed by atoms with Crippen LogP contribution in [0.5, 0.6) is 0 Å². The fraction of sp³-hybridized carbons (Fsp3) is 0. The zero-order chi connectivity index (χ0) is 7.61. The van der Waals surface area contributed by atoms with Crippen LogP contribution in [0, 0.1) is 12.1 Å².